The highest BCUT2D eigenvalue weighted by Gasteiger charge is 2.32. The molecule has 38 heavy (non-hydrogen) atoms. The molecule has 0 saturated carbocycles. The summed E-state index contributed by atoms with van der Waals surface area (Å²) in [5.74, 6) is -0.852. The van der Waals surface area contributed by atoms with Gasteiger partial charge in [-0.2, -0.15) is 0 Å². The van der Waals surface area contributed by atoms with E-state index in [0.29, 0.717) is 5.02 Å². The van der Waals surface area contributed by atoms with Gasteiger partial charge in [0.2, 0.25) is 11.8 Å². The number of anilines is 1. The van der Waals surface area contributed by atoms with Crippen LogP contribution in [0.3, 0.4) is 0 Å². The second kappa shape index (κ2) is 12.8. The minimum atomic E-state index is -4.12. The molecule has 0 fully saturated rings. The second-order valence-corrected chi connectivity index (χ2v) is 12.5. The van der Waals surface area contributed by atoms with Crippen LogP contribution in [0.25, 0.3) is 0 Å². The van der Waals surface area contributed by atoms with Crippen LogP contribution < -0.4 is 9.62 Å². The molecule has 202 valence electrons. The van der Waals surface area contributed by atoms with Gasteiger partial charge in [0, 0.05) is 22.1 Å². The Balaban J connectivity index is 2.02. The fourth-order valence-corrected chi connectivity index (χ4v) is 5.55. The van der Waals surface area contributed by atoms with Crippen molar-refractivity contribution >= 4 is 55.1 Å². The molecule has 10 heteroatoms. The van der Waals surface area contributed by atoms with Crippen LogP contribution in [0.2, 0.25) is 5.02 Å². The van der Waals surface area contributed by atoms with Crippen LogP contribution in [0.15, 0.2) is 82.2 Å². The third kappa shape index (κ3) is 7.58. The lowest BCUT2D eigenvalue weighted by molar-refractivity contribution is -0.139. The SMILES string of the molecule is Cc1ccc(S(=O)(=O)N(CC(=O)N(Cc2ccc(Br)cc2)[C@H](C)C(=O)NC(C)C)c2ccc(Cl)cc2)cc1. The van der Waals surface area contributed by atoms with E-state index in [9.17, 15) is 18.0 Å². The van der Waals surface area contributed by atoms with Crippen molar-refractivity contribution in [2.75, 3.05) is 10.8 Å². The Hall–Kier alpha value is -2.88. The first kappa shape index (κ1) is 29.7. The Labute approximate surface area is 238 Å². The van der Waals surface area contributed by atoms with Gasteiger partial charge >= 0.3 is 0 Å². The number of aryl methyl sites for hydroxylation is 1. The molecular weight excluding hydrogens is 590 g/mol. The fraction of sp³-hybridized carbons (Fsp3) is 0.286. The Morgan fingerprint density at radius 3 is 2.05 bits per heavy atom. The Morgan fingerprint density at radius 2 is 1.50 bits per heavy atom. The van der Waals surface area contributed by atoms with Crippen LogP contribution in [-0.4, -0.2) is 43.8 Å². The van der Waals surface area contributed by atoms with Gasteiger partial charge in [-0.25, -0.2) is 8.42 Å². The minimum Gasteiger partial charge on any atom is -0.352 e. The van der Waals surface area contributed by atoms with Crippen molar-refractivity contribution < 1.29 is 18.0 Å². The zero-order valence-corrected chi connectivity index (χ0v) is 24.8. The molecule has 0 unspecified atom stereocenters. The van der Waals surface area contributed by atoms with E-state index in [1.54, 1.807) is 43.3 Å². The van der Waals surface area contributed by atoms with Gasteiger partial charge in [0.15, 0.2) is 0 Å². The van der Waals surface area contributed by atoms with E-state index < -0.39 is 28.5 Å². The maximum atomic E-state index is 13.8. The predicted molar refractivity (Wildman–Crippen MR) is 155 cm³/mol. The molecule has 0 bridgehead atoms. The molecule has 2 amide bonds. The third-order valence-corrected chi connectivity index (χ3v) is 8.44. The molecule has 0 aliphatic carbocycles. The van der Waals surface area contributed by atoms with Crippen molar-refractivity contribution in [1.29, 1.82) is 0 Å². The van der Waals surface area contributed by atoms with Gasteiger partial charge in [0.25, 0.3) is 10.0 Å². The number of rotatable bonds is 10. The lowest BCUT2D eigenvalue weighted by Crippen LogP contribution is -2.52. The quantitative estimate of drug-likeness (QED) is 0.322. The topological polar surface area (TPSA) is 86.8 Å². The molecule has 3 rings (SSSR count). The molecule has 3 aromatic carbocycles. The van der Waals surface area contributed by atoms with Crippen molar-refractivity contribution in [3.05, 3.63) is 93.4 Å². The number of nitrogens with zero attached hydrogens (tertiary/aromatic N) is 2. The van der Waals surface area contributed by atoms with Crippen LogP contribution in [0.1, 0.15) is 31.9 Å². The normalized spacial score (nSPS) is 12.2. The highest BCUT2D eigenvalue weighted by atomic mass is 79.9. The number of halogens is 2. The molecule has 0 saturated heterocycles. The summed E-state index contributed by atoms with van der Waals surface area (Å²) in [6.45, 7) is 6.78. The molecule has 0 heterocycles. The number of carbonyl (C=O) groups excluding carboxylic acids is 2. The monoisotopic (exact) mass is 619 g/mol. The van der Waals surface area contributed by atoms with E-state index >= 15 is 0 Å². The van der Waals surface area contributed by atoms with Crippen molar-refractivity contribution in [1.82, 2.24) is 10.2 Å². The number of nitrogens with one attached hydrogen (secondary N) is 1. The molecule has 0 radical (unpaired) electrons. The molecule has 1 N–H and O–H groups in total. The van der Waals surface area contributed by atoms with E-state index in [0.717, 1.165) is 19.9 Å². The van der Waals surface area contributed by atoms with E-state index in [1.807, 2.05) is 45.0 Å². The number of hydrogen-bond donors (Lipinski definition) is 1. The first-order valence-corrected chi connectivity index (χ1v) is 14.7. The average molecular weight is 621 g/mol. The van der Waals surface area contributed by atoms with E-state index in [2.05, 4.69) is 21.2 Å². The Kier molecular flexibility index (Phi) is 9.98. The van der Waals surface area contributed by atoms with Crippen LogP contribution >= 0.6 is 27.5 Å². The molecule has 0 aliphatic heterocycles. The summed E-state index contributed by atoms with van der Waals surface area (Å²) in [6, 6.07) is 19.1. The van der Waals surface area contributed by atoms with Crippen LogP contribution in [0, 0.1) is 6.92 Å². The van der Waals surface area contributed by atoms with Crippen LogP contribution in [0.4, 0.5) is 5.69 Å². The zero-order valence-electron chi connectivity index (χ0n) is 21.7. The second-order valence-electron chi connectivity index (χ2n) is 9.29. The molecule has 7 nitrogen and oxygen atoms in total. The zero-order chi connectivity index (χ0) is 28.0. The molecular formula is C28H31BrClN3O4S. The average Bonchev–Trinajstić information content (AvgIpc) is 2.87. The number of carbonyl (C=O) groups is 2. The third-order valence-electron chi connectivity index (χ3n) is 5.87. The van der Waals surface area contributed by atoms with E-state index in [1.165, 1.54) is 17.0 Å². The molecule has 0 aromatic heterocycles. The molecule has 3 aromatic rings. The standard InChI is InChI=1S/C28H31BrClN3O4S/c1-19(2)31-28(35)21(4)32(17-22-7-9-23(29)10-8-22)27(34)18-33(25-13-11-24(30)12-14-25)38(36,37)26-15-5-20(3)6-16-26/h5-16,19,21H,17-18H2,1-4H3,(H,31,35)/t21-/m1/s1. The number of benzene rings is 3. The summed E-state index contributed by atoms with van der Waals surface area (Å²) in [6.07, 6.45) is 0. The number of hydrogen-bond acceptors (Lipinski definition) is 4. The van der Waals surface area contributed by atoms with Crippen molar-refractivity contribution in [3.8, 4) is 0 Å². The summed E-state index contributed by atoms with van der Waals surface area (Å²) in [5.41, 5.74) is 1.99. The first-order valence-electron chi connectivity index (χ1n) is 12.1. The highest BCUT2D eigenvalue weighted by Crippen LogP contribution is 2.26. The van der Waals surface area contributed by atoms with Crippen molar-refractivity contribution in [2.45, 2.75) is 51.2 Å². The van der Waals surface area contributed by atoms with Gasteiger partial charge in [-0.05, 0) is 81.8 Å². The van der Waals surface area contributed by atoms with Gasteiger partial charge in [-0.1, -0.05) is 57.4 Å². The van der Waals surface area contributed by atoms with Gasteiger partial charge < -0.3 is 10.2 Å². The van der Waals surface area contributed by atoms with Gasteiger partial charge in [0.1, 0.15) is 12.6 Å². The maximum Gasteiger partial charge on any atom is 0.264 e. The molecule has 0 aliphatic rings. The number of amides is 2. The smallest absolute Gasteiger partial charge is 0.264 e. The summed E-state index contributed by atoms with van der Waals surface area (Å²) in [4.78, 5) is 28.2. The lowest BCUT2D eigenvalue weighted by atomic mass is 10.1. The molecule has 0 spiro atoms. The Morgan fingerprint density at radius 1 is 0.921 bits per heavy atom. The van der Waals surface area contributed by atoms with E-state index in [-0.39, 0.29) is 29.1 Å². The van der Waals surface area contributed by atoms with Crippen LogP contribution in [-0.2, 0) is 26.2 Å². The van der Waals surface area contributed by atoms with Crippen LogP contribution in [0.5, 0.6) is 0 Å². The van der Waals surface area contributed by atoms with E-state index in [4.69, 9.17) is 11.6 Å². The summed E-state index contributed by atoms with van der Waals surface area (Å²) < 4.78 is 29.5. The molecule has 1 atom stereocenters. The summed E-state index contributed by atoms with van der Waals surface area (Å²) in [5, 5.41) is 3.27. The fourth-order valence-electron chi connectivity index (χ4n) is 3.75. The Bertz CT molecular complexity index is 1360. The summed E-state index contributed by atoms with van der Waals surface area (Å²) in [7, 11) is -4.12. The lowest BCUT2D eigenvalue weighted by Gasteiger charge is -2.32. The van der Waals surface area contributed by atoms with Crippen molar-refractivity contribution in [2.24, 2.45) is 0 Å². The van der Waals surface area contributed by atoms with Gasteiger partial charge in [0.05, 0.1) is 10.6 Å². The minimum absolute atomic E-state index is 0.0518. The predicted octanol–water partition coefficient (Wildman–Crippen LogP) is 5.55. The number of sulfonamides is 1. The maximum absolute atomic E-state index is 13.8. The first-order chi connectivity index (χ1) is 17.9. The van der Waals surface area contributed by atoms with Gasteiger partial charge in [-0.3, -0.25) is 13.9 Å². The van der Waals surface area contributed by atoms with Crippen molar-refractivity contribution in [3.63, 3.8) is 0 Å². The largest absolute Gasteiger partial charge is 0.352 e. The summed E-state index contributed by atoms with van der Waals surface area (Å²) >= 11 is 9.45. The van der Waals surface area contributed by atoms with Gasteiger partial charge in [-0.15, -0.1) is 0 Å². The highest BCUT2D eigenvalue weighted by molar-refractivity contribution is 9.10.